The largest absolute Gasteiger partial charge is 0.377 e. The average Bonchev–Trinajstić information content (AvgIpc) is 2.82. The summed E-state index contributed by atoms with van der Waals surface area (Å²) in [4.78, 5) is 4.84. The van der Waals surface area contributed by atoms with Crippen molar-refractivity contribution in [3.63, 3.8) is 0 Å². The van der Waals surface area contributed by atoms with E-state index in [4.69, 9.17) is 9.73 Å². The normalized spacial score (nSPS) is 28.2. The molecule has 2 fully saturated rings. The molecular weight excluding hydrogens is 314 g/mol. The van der Waals surface area contributed by atoms with Gasteiger partial charge in [0.1, 0.15) is 0 Å². The van der Waals surface area contributed by atoms with Crippen LogP contribution in [0.25, 0.3) is 0 Å². The average molecular weight is 348 g/mol. The number of rotatable bonds is 4. The maximum atomic E-state index is 6.02. The summed E-state index contributed by atoms with van der Waals surface area (Å²) in [6.07, 6.45) is 2.79. The van der Waals surface area contributed by atoms with E-state index in [1.165, 1.54) is 17.7 Å². The summed E-state index contributed by atoms with van der Waals surface area (Å²) in [5, 5.41) is 11.6. The van der Waals surface area contributed by atoms with Crippen molar-refractivity contribution in [2.75, 3.05) is 13.2 Å². The van der Waals surface area contributed by atoms with E-state index in [1.807, 2.05) is 11.7 Å². The first-order valence-corrected chi connectivity index (χ1v) is 9.51. The van der Waals surface area contributed by atoms with Gasteiger partial charge in [-0.3, -0.25) is 4.68 Å². The Morgan fingerprint density at radius 3 is 2.80 bits per heavy atom. The van der Waals surface area contributed by atoms with Gasteiger partial charge in [-0.1, -0.05) is 13.8 Å². The maximum Gasteiger partial charge on any atom is 0.191 e. The van der Waals surface area contributed by atoms with Gasteiger partial charge < -0.3 is 15.4 Å². The van der Waals surface area contributed by atoms with E-state index in [0.717, 1.165) is 31.2 Å². The Kier molecular flexibility index (Phi) is 5.09. The molecule has 140 valence electrons. The molecular formula is C19H33N5O. The number of hydrogen-bond acceptors (Lipinski definition) is 3. The fourth-order valence-electron chi connectivity index (χ4n) is 4.49. The smallest absolute Gasteiger partial charge is 0.191 e. The number of guanidine groups is 1. The molecule has 1 aliphatic heterocycles. The van der Waals surface area contributed by atoms with Crippen LogP contribution in [-0.4, -0.2) is 41.0 Å². The van der Waals surface area contributed by atoms with Crippen molar-refractivity contribution in [1.82, 2.24) is 20.4 Å². The number of hydrogen-bond donors (Lipinski definition) is 2. The van der Waals surface area contributed by atoms with Crippen LogP contribution in [-0.2, 0) is 18.3 Å². The number of fused-ring (bicyclic) bond motifs is 1. The molecule has 1 saturated carbocycles. The Morgan fingerprint density at radius 1 is 1.40 bits per heavy atom. The summed E-state index contributed by atoms with van der Waals surface area (Å²) < 4.78 is 7.95. The second-order valence-corrected chi connectivity index (χ2v) is 8.01. The third-order valence-corrected chi connectivity index (χ3v) is 6.02. The van der Waals surface area contributed by atoms with E-state index in [-0.39, 0.29) is 5.41 Å². The minimum absolute atomic E-state index is 0.140. The number of nitrogens with one attached hydrogen (secondary N) is 2. The van der Waals surface area contributed by atoms with Gasteiger partial charge in [-0.05, 0) is 33.6 Å². The van der Waals surface area contributed by atoms with Gasteiger partial charge in [0.05, 0.1) is 18.3 Å². The lowest BCUT2D eigenvalue weighted by Gasteiger charge is -2.60. The van der Waals surface area contributed by atoms with Crippen LogP contribution < -0.4 is 10.6 Å². The molecule has 0 bridgehead atoms. The van der Waals surface area contributed by atoms with E-state index in [1.54, 1.807) is 0 Å². The van der Waals surface area contributed by atoms with Gasteiger partial charge in [0.15, 0.2) is 5.96 Å². The Labute approximate surface area is 151 Å². The van der Waals surface area contributed by atoms with Crippen LogP contribution in [0.3, 0.4) is 0 Å². The zero-order valence-corrected chi connectivity index (χ0v) is 16.5. The summed E-state index contributed by atoms with van der Waals surface area (Å²) in [5.74, 6) is 1.49. The lowest BCUT2D eigenvalue weighted by atomic mass is 9.55. The second-order valence-electron chi connectivity index (χ2n) is 8.01. The van der Waals surface area contributed by atoms with E-state index < -0.39 is 0 Å². The van der Waals surface area contributed by atoms with Gasteiger partial charge in [-0.15, -0.1) is 0 Å². The zero-order chi connectivity index (χ0) is 18.2. The van der Waals surface area contributed by atoms with Gasteiger partial charge in [-0.2, -0.15) is 5.10 Å². The highest BCUT2D eigenvalue weighted by molar-refractivity contribution is 5.80. The number of ether oxygens (including phenoxy) is 1. The molecule has 1 aromatic heterocycles. The van der Waals surface area contributed by atoms with Crippen molar-refractivity contribution in [3.8, 4) is 0 Å². The third-order valence-electron chi connectivity index (χ3n) is 6.02. The molecule has 6 heteroatoms. The van der Waals surface area contributed by atoms with Gasteiger partial charge in [-0.25, -0.2) is 4.99 Å². The van der Waals surface area contributed by atoms with Crippen LogP contribution in [0.5, 0.6) is 0 Å². The molecule has 2 aliphatic rings. The molecule has 0 amide bonds. The molecule has 2 heterocycles. The van der Waals surface area contributed by atoms with Crippen molar-refractivity contribution >= 4 is 5.96 Å². The predicted molar refractivity (Wildman–Crippen MR) is 101 cm³/mol. The Morgan fingerprint density at radius 2 is 2.16 bits per heavy atom. The summed E-state index contributed by atoms with van der Waals surface area (Å²) in [7, 11) is 1.99. The van der Waals surface area contributed by atoms with Crippen molar-refractivity contribution in [3.05, 3.63) is 17.0 Å². The molecule has 6 nitrogen and oxygen atoms in total. The fraction of sp³-hybridized carbons (Fsp3) is 0.789. The van der Waals surface area contributed by atoms with Crippen LogP contribution in [0.1, 0.15) is 50.6 Å². The molecule has 0 spiro atoms. The zero-order valence-electron chi connectivity index (χ0n) is 16.5. The fourth-order valence-corrected chi connectivity index (χ4v) is 4.49. The van der Waals surface area contributed by atoms with Crippen LogP contribution in [0.15, 0.2) is 4.99 Å². The summed E-state index contributed by atoms with van der Waals surface area (Å²) in [6, 6.07) is 0.409. The molecule has 3 atom stereocenters. The number of nitrogens with zero attached hydrogens (tertiary/aromatic N) is 3. The lowest BCUT2D eigenvalue weighted by molar-refractivity contribution is -0.188. The third kappa shape index (κ3) is 3.28. The van der Waals surface area contributed by atoms with Gasteiger partial charge in [0.25, 0.3) is 0 Å². The monoisotopic (exact) mass is 347 g/mol. The topological polar surface area (TPSA) is 63.5 Å². The molecule has 3 rings (SSSR count). The minimum Gasteiger partial charge on any atom is -0.377 e. The summed E-state index contributed by atoms with van der Waals surface area (Å²) in [5.41, 5.74) is 3.60. The highest BCUT2D eigenvalue weighted by Gasteiger charge is 2.58. The van der Waals surface area contributed by atoms with Crippen molar-refractivity contribution < 1.29 is 4.74 Å². The minimum atomic E-state index is 0.140. The van der Waals surface area contributed by atoms with Crippen molar-refractivity contribution in [2.45, 2.75) is 66.2 Å². The SMILES string of the molecule is CCNC(=NCc1c(C)nn(C)c1C)NC1C2CCCOC2C1(C)C. The second kappa shape index (κ2) is 6.98. The Hall–Kier alpha value is -1.56. The summed E-state index contributed by atoms with van der Waals surface area (Å²) >= 11 is 0. The number of aliphatic imine (C=N–C) groups is 1. The van der Waals surface area contributed by atoms with E-state index in [9.17, 15) is 0 Å². The van der Waals surface area contributed by atoms with E-state index >= 15 is 0 Å². The van der Waals surface area contributed by atoms with Crippen LogP contribution in [0.2, 0.25) is 0 Å². The molecule has 1 aliphatic carbocycles. The molecule has 3 unspecified atom stereocenters. The predicted octanol–water partition coefficient (Wildman–Crippen LogP) is 2.30. The standard InChI is InChI=1S/C19H33N5O/c1-7-20-18(21-11-15-12(2)23-24(6)13(15)3)22-16-14-9-8-10-25-17(14)19(16,4)5/h14,16-17H,7-11H2,1-6H3,(H2,20,21,22). The molecule has 25 heavy (non-hydrogen) atoms. The molecule has 0 aromatic carbocycles. The molecule has 1 aromatic rings. The van der Waals surface area contributed by atoms with Crippen LogP contribution in [0.4, 0.5) is 0 Å². The number of aromatic nitrogens is 2. The molecule has 1 saturated heterocycles. The first-order chi connectivity index (χ1) is 11.9. The highest BCUT2D eigenvalue weighted by atomic mass is 16.5. The van der Waals surface area contributed by atoms with Crippen LogP contribution >= 0.6 is 0 Å². The Bertz CT molecular complexity index is 648. The van der Waals surface area contributed by atoms with Gasteiger partial charge >= 0.3 is 0 Å². The van der Waals surface area contributed by atoms with Crippen molar-refractivity contribution in [2.24, 2.45) is 23.4 Å². The van der Waals surface area contributed by atoms with Crippen LogP contribution in [0, 0.1) is 25.2 Å². The van der Waals surface area contributed by atoms with Gasteiger partial charge in [0, 0.05) is 48.8 Å². The molecule has 0 radical (unpaired) electrons. The first kappa shape index (κ1) is 18.2. The molecule has 2 N–H and O–H groups in total. The highest BCUT2D eigenvalue weighted by Crippen LogP contribution is 2.51. The maximum absolute atomic E-state index is 6.02. The van der Waals surface area contributed by atoms with E-state index in [2.05, 4.69) is 50.4 Å². The quantitative estimate of drug-likeness (QED) is 0.648. The number of aryl methyl sites for hydroxylation is 2. The first-order valence-electron chi connectivity index (χ1n) is 9.51. The van der Waals surface area contributed by atoms with Crippen molar-refractivity contribution in [1.29, 1.82) is 0 Å². The summed E-state index contributed by atoms with van der Waals surface area (Å²) in [6.45, 7) is 13.3. The lowest BCUT2D eigenvalue weighted by Crippen LogP contribution is -2.71. The van der Waals surface area contributed by atoms with Gasteiger partial charge in [0.2, 0.25) is 0 Å². The Balaban J connectivity index is 1.73. The van der Waals surface area contributed by atoms with E-state index in [0.29, 0.717) is 24.6 Å².